The van der Waals surface area contributed by atoms with Gasteiger partial charge in [0.2, 0.25) is 5.91 Å². The average Bonchev–Trinajstić information content (AvgIpc) is 2.73. The van der Waals surface area contributed by atoms with E-state index in [1.807, 2.05) is 6.08 Å². The third kappa shape index (κ3) is 4.29. The summed E-state index contributed by atoms with van der Waals surface area (Å²) in [4.78, 5) is 29.2. The van der Waals surface area contributed by atoms with Crippen molar-refractivity contribution in [3.8, 4) is 0 Å². The van der Waals surface area contributed by atoms with E-state index in [0.717, 1.165) is 17.6 Å². The van der Waals surface area contributed by atoms with Crippen molar-refractivity contribution in [3.63, 3.8) is 0 Å². The fourth-order valence-corrected chi connectivity index (χ4v) is 3.70. The Morgan fingerprint density at radius 3 is 2.72 bits per heavy atom. The fourth-order valence-electron chi connectivity index (χ4n) is 3.70. The second-order valence-electron chi connectivity index (χ2n) is 7.23. The van der Waals surface area contributed by atoms with Crippen LogP contribution < -0.4 is 10.9 Å². The number of hydrogen-bond donors (Lipinski definition) is 2. The Hall–Kier alpha value is -3.22. The van der Waals surface area contributed by atoms with Gasteiger partial charge in [0, 0.05) is 37.1 Å². The molecule has 2 aromatic rings. The van der Waals surface area contributed by atoms with Crippen LogP contribution in [0, 0.1) is 5.82 Å². The summed E-state index contributed by atoms with van der Waals surface area (Å²) in [7, 11) is 0. The van der Waals surface area contributed by atoms with E-state index in [1.54, 1.807) is 23.1 Å². The molecule has 0 spiro atoms. The number of aromatic nitrogens is 1. The number of pyridine rings is 1. The zero-order valence-corrected chi connectivity index (χ0v) is 15.8. The number of amides is 1. The number of fused-ring (bicyclic) bond motifs is 1. The van der Waals surface area contributed by atoms with E-state index < -0.39 is 5.82 Å². The normalized spacial score (nSPS) is 16.8. The van der Waals surface area contributed by atoms with E-state index in [2.05, 4.69) is 10.3 Å². The third-order valence-electron chi connectivity index (χ3n) is 5.32. The molecule has 3 heterocycles. The lowest BCUT2D eigenvalue weighted by Crippen LogP contribution is -2.35. The second kappa shape index (κ2) is 8.03. The van der Waals surface area contributed by atoms with Crippen molar-refractivity contribution in [1.29, 1.82) is 0 Å². The van der Waals surface area contributed by atoms with E-state index in [-0.39, 0.29) is 23.8 Å². The van der Waals surface area contributed by atoms with E-state index in [0.29, 0.717) is 42.5 Å². The Kier molecular flexibility index (Phi) is 5.29. The first-order valence-electron chi connectivity index (χ1n) is 9.58. The SMILES string of the molecule is O=C(CCc1cc2ccc(F)cc2c(=O)[nH]1)N1CC=C(C2=CC=C(F)NC2)CC1. The molecule has 0 bridgehead atoms. The van der Waals surface area contributed by atoms with Gasteiger partial charge in [-0.1, -0.05) is 18.2 Å². The van der Waals surface area contributed by atoms with Crippen LogP contribution in [0.15, 0.2) is 64.4 Å². The molecule has 0 radical (unpaired) electrons. The topological polar surface area (TPSA) is 65.2 Å². The van der Waals surface area contributed by atoms with E-state index in [4.69, 9.17) is 0 Å². The molecule has 0 fully saturated rings. The highest BCUT2D eigenvalue weighted by molar-refractivity contribution is 5.82. The molecule has 2 aliphatic rings. The van der Waals surface area contributed by atoms with Gasteiger partial charge in [-0.05, 0) is 53.6 Å². The Bertz CT molecular complexity index is 1110. The zero-order valence-electron chi connectivity index (χ0n) is 15.8. The molecule has 1 amide bonds. The summed E-state index contributed by atoms with van der Waals surface area (Å²) in [6.07, 6.45) is 6.62. The Morgan fingerprint density at radius 2 is 2.00 bits per heavy atom. The molecule has 2 N–H and O–H groups in total. The van der Waals surface area contributed by atoms with Gasteiger partial charge >= 0.3 is 0 Å². The maximum absolute atomic E-state index is 13.3. The van der Waals surface area contributed by atoms with E-state index in [9.17, 15) is 18.4 Å². The molecule has 2 aliphatic heterocycles. The minimum Gasteiger partial charge on any atom is -0.358 e. The molecule has 0 atom stereocenters. The smallest absolute Gasteiger partial charge is 0.256 e. The van der Waals surface area contributed by atoms with Crippen LogP contribution in [0.25, 0.3) is 10.8 Å². The monoisotopic (exact) mass is 397 g/mol. The first kappa shape index (κ1) is 19.1. The number of nitrogens with zero attached hydrogens (tertiary/aromatic N) is 1. The highest BCUT2D eigenvalue weighted by Crippen LogP contribution is 2.22. The average molecular weight is 397 g/mol. The van der Waals surface area contributed by atoms with Crippen LogP contribution >= 0.6 is 0 Å². The van der Waals surface area contributed by atoms with Crippen molar-refractivity contribution in [2.75, 3.05) is 19.6 Å². The summed E-state index contributed by atoms with van der Waals surface area (Å²) in [6, 6.07) is 5.88. The molecule has 7 heteroatoms. The standard InChI is InChI=1S/C22H21F2N3O2/c23-17-3-1-15-11-18(26-22(29)19(15)12-17)4-6-21(28)27-9-7-14(8-10-27)16-2-5-20(24)25-13-16/h1-3,5,7,11-12,25H,4,6,8-10,13H2,(H,26,29). The van der Waals surface area contributed by atoms with E-state index in [1.165, 1.54) is 18.2 Å². The minimum absolute atomic E-state index is 0.0158. The lowest BCUT2D eigenvalue weighted by molar-refractivity contribution is -0.130. The van der Waals surface area contributed by atoms with Crippen molar-refractivity contribution >= 4 is 16.7 Å². The van der Waals surface area contributed by atoms with Gasteiger partial charge < -0.3 is 15.2 Å². The number of H-pyrrole nitrogens is 1. The number of aryl methyl sites for hydroxylation is 1. The quantitative estimate of drug-likeness (QED) is 0.780. The lowest BCUT2D eigenvalue weighted by atomic mass is 9.97. The van der Waals surface area contributed by atoms with Crippen LogP contribution in [0.5, 0.6) is 0 Å². The summed E-state index contributed by atoms with van der Waals surface area (Å²) >= 11 is 0. The summed E-state index contributed by atoms with van der Waals surface area (Å²) < 4.78 is 26.3. The molecule has 1 aromatic carbocycles. The second-order valence-corrected chi connectivity index (χ2v) is 7.23. The Balaban J connectivity index is 1.38. The van der Waals surface area contributed by atoms with Crippen molar-refractivity contribution in [3.05, 3.63) is 81.5 Å². The number of halogens is 2. The fraction of sp³-hybridized carbons (Fsp3) is 0.273. The lowest BCUT2D eigenvalue weighted by Gasteiger charge is -2.28. The van der Waals surface area contributed by atoms with Gasteiger partial charge in [-0.15, -0.1) is 0 Å². The van der Waals surface area contributed by atoms with Crippen LogP contribution in [0.4, 0.5) is 8.78 Å². The van der Waals surface area contributed by atoms with Gasteiger partial charge in [0.1, 0.15) is 5.82 Å². The summed E-state index contributed by atoms with van der Waals surface area (Å²) in [5.41, 5.74) is 2.48. The number of aromatic amines is 1. The highest BCUT2D eigenvalue weighted by Gasteiger charge is 2.19. The van der Waals surface area contributed by atoms with Gasteiger partial charge in [0.05, 0.1) is 0 Å². The van der Waals surface area contributed by atoms with Gasteiger partial charge in [-0.25, -0.2) is 4.39 Å². The summed E-state index contributed by atoms with van der Waals surface area (Å²) in [5, 5.41) is 3.63. The van der Waals surface area contributed by atoms with Gasteiger partial charge in [-0.2, -0.15) is 4.39 Å². The van der Waals surface area contributed by atoms with Crippen LogP contribution in [0.2, 0.25) is 0 Å². The molecule has 0 saturated heterocycles. The molecule has 0 aliphatic carbocycles. The number of carbonyl (C=O) groups is 1. The number of rotatable bonds is 4. The van der Waals surface area contributed by atoms with Crippen LogP contribution in [-0.4, -0.2) is 35.4 Å². The number of nitrogens with one attached hydrogen (secondary N) is 2. The molecule has 0 saturated carbocycles. The summed E-state index contributed by atoms with van der Waals surface area (Å²) in [6.45, 7) is 1.59. The number of allylic oxidation sites excluding steroid dienone is 2. The number of dihydropyridines is 1. The number of benzene rings is 1. The molecular formula is C22H21F2N3O2. The van der Waals surface area contributed by atoms with Crippen molar-refractivity contribution in [1.82, 2.24) is 15.2 Å². The third-order valence-corrected chi connectivity index (χ3v) is 5.32. The van der Waals surface area contributed by atoms with Gasteiger partial charge in [-0.3, -0.25) is 9.59 Å². The predicted octanol–water partition coefficient (Wildman–Crippen LogP) is 3.10. The molecule has 1 aromatic heterocycles. The molecular weight excluding hydrogens is 376 g/mol. The van der Waals surface area contributed by atoms with Gasteiger partial charge in [0.15, 0.2) is 5.95 Å². The molecule has 29 heavy (non-hydrogen) atoms. The molecule has 0 unspecified atom stereocenters. The van der Waals surface area contributed by atoms with Gasteiger partial charge in [0.25, 0.3) is 5.56 Å². The Labute approximate surface area is 166 Å². The maximum Gasteiger partial charge on any atom is 0.256 e. The van der Waals surface area contributed by atoms with Crippen molar-refractivity contribution < 1.29 is 13.6 Å². The molecule has 5 nitrogen and oxygen atoms in total. The predicted molar refractivity (Wildman–Crippen MR) is 107 cm³/mol. The first-order chi connectivity index (χ1) is 14.0. The van der Waals surface area contributed by atoms with Crippen LogP contribution in [0.1, 0.15) is 18.5 Å². The maximum atomic E-state index is 13.3. The Morgan fingerprint density at radius 1 is 1.14 bits per heavy atom. The molecule has 4 rings (SSSR count). The highest BCUT2D eigenvalue weighted by atomic mass is 19.1. The van der Waals surface area contributed by atoms with Crippen molar-refractivity contribution in [2.45, 2.75) is 19.3 Å². The zero-order chi connectivity index (χ0) is 20.4. The number of hydrogen-bond acceptors (Lipinski definition) is 3. The minimum atomic E-state index is -0.454. The van der Waals surface area contributed by atoms with Crippen LogP contribution in [0.3, 0.4) is 0 Å². The number of carbonyl (C=O) groups excluding carboxylic acids is 1. The largest absolute Gasteiger partial charge is 0.358 e. The first-order valence-corrected chi connectivity index (χ1v) is 9.58. The summed E-state index contributed by atoms with van der Waals surface area (Å²) in [5.74, 6) is -0.773. The molecule has 150 valence electrons. The van der Waals surface area contributed by atoms with E-state index >= 15 is 0 Å². The van der Waals surface area contributed by atoms with Crippen molar-refractivity contribution in [2.24, 2.45) is 0 Å². The van der Waals surface area contributed by atoms with Crippen LogP contribution in [-0.2, 0) is 11.2 Å².